The molecule has 1 heterocycles. The summed E-state index contributed by atoms with van der Waals surface area (Å²) in [5.41, 5.74) is 9.11. The van der Waals surface area contributed by atoms with Gasteiger partial charge in [-0.25, -0.2) is 0 Å². The third-order valence-corrected chi connectivity index (χ3v) is 3.83. The molecule has 0 saturated carbocycles. The molecule has 112 valence electrons. The minimum Gasteiger partial charge on any atom is -0.387 e. The summed E-state index contributed by atoms with van der Waals surface area (Å²) in [6.07, 6.45) is -0.0183. The molecule has 3 aromatic rings. The summed E-state index contributed by atoms with van der Waals surface area (Å²) in [5.74, 6) is 0. The average Bonchev–Trinajstić information content (AvgIpc) is 2.55. The van der Waals surface area contributed by atoms with Crippen molar-refractivity contribution in [2.24, 2.45) is 5.73 Å². The molecule has 0 saturated heterocycles. The van der Waals surface area contributed by atoms with E-state index < -0.39 is 6.10 Å². The Morgan fingerprint density at radius 2 is 1.82 bits per heavy atom. The largest absolute Gasteiger partial charge is 0.387 e. The van der Waals surface area contributed by atoms with Crippen LogP contribution in [0.15, 0.2) is 59.4 Å². The van der Waals surface area contributed by atoms with Gasteiger partial charge in [-0.3, -0.25) is 4.79 Å². The van der Waals surface area contributed by atoms with Gasteiger partial charge in [0.25, 0.3) is 0 Å². The fraction of sp³-hybridized carbons (Fsp3) is 0.167. The standard InChI is InChI=1S/C18H18N2O2/c19-11-16(21)14-7-6-13(10-12-4-2-1-3-5-12)18-15(14)8-9-17(22)20-18/h1-9,16,21H,10-11,19H2,(H,20,22). The molecule has 0 radical (unpaired) electrons. The lowest BCUT2D eigenvalue weighted by atomic mass is 9.96. The number of aromatic amines is 1. The number of nitrogens with one attached hydrogen (secondary N) is 1. The number of aliphatic hydroxyl groups excluding tert-OH is 1. The Kier molecular flexibility index (Phi) is 4.04. The molecular formula is C18H18N2O2. The normalized spacial score (nSPS) is 12.5. The highest BCUT2D eigenvalue weighted by Crippen LogP contribution is 2.26. The Labute approximate surface area is 128 Å². The zero-order valence-corrected chi connectivity index (χ0v) is 12.1. The van der Waals surface area contributed by atoms with E-state index in [4.69, 9.17) is 5.73 Å². The van der Waals surface area contributed by atoms with Gasteiger partial charge in [-0.15, -0.1) is 0 Å². The fourth-order valence-electron chi connectivity index (χ4n) is 2.71. The van der Waals surface area contributed by atoms with Gasteiger partial charge in [-0.1, -0.05) is 42.5 Å². The van der Waals surface area contributed by atoms with Gasteiger partial charge in [0.2, 0.25) is 5.56 Å². The van der Waals surface area contributed by atoms with Gasteiger partial charge in [0.15, 0.2) is 0 Å². The number of aliphatic hydroxyl groups is 1. The molecule has 0 spiro atoms. The number of hydrogen-bond donors (Lipinski definition) is 3. The number of rotatable bonds is 4. The Morgan fingerprint density at radius 1 is 1.05 bits per heavy atom. The molecule has 0 aliphatic carbocycles. The lowest BCUT2D eigenvalue weighted by Gasteiger charge is -2.14. The maximum Gasteiger partial charge on any atom is 0.248 e. The van der Waals surface area contributed by atoms with Crippen LogP contribution in [0.3, 0.4) is 0 Å². The molecule has 1 aromatic heterocycles. The first-order chi connectivity index (χ1) is 10.7. The van der Waals surface area contributed by atoms with Crippen molar-refractivity contribution in [2.45, 2.75) is 12.5 Å². The van der Waals surface area contributed by atoms with Gasteiger partial charge >= 0.3 is 0 Å². The van der Waals surface area contributed by atoms with Gasteiger partial charge in [0.05, 0.1) is 11.6 Å². The van der Waals surface area contributed by atoms with Gasteiger partial charge < -0.3 is 15.8 Å². The van der Waals surface area contributed by atoms with Crippen LogP contribution in [0.25, 0.3) is 10.9 Å². The van der Waals surface area contributed by atoms with E-state index in [0.717, 1.165) is 28.5 Å². The average molecular weight is 294 g/mol. The van der Waals surface area contributed by atoms with Crippen LogP contribution in [0.4, 0.5) is 0 Å². The monoisotopic (exact) mass is 294 g/mol. The van der Waals surface area contributed by atoms with Crippen molar-refractivity contribution >= 4 is 10.9 Å². The van der Waals surface area contributed by atoms with Crippen molar-refractivity contribution in [2.75, 3.05) is 6.54 Å². The first-order valence-electron chi connectivity index (χ1n) is 7.26. The highest BCUT2D eigenvalue weighted by atomic mass is 16.3. The number of pyridine rings is 1. The van der Waals surface area contributed by atoms with Crippen molar-refractivity contribution in [1.29, 1.82) is 0 Å². The van der Waals surface area contributed by atoms with E-state index in [1.54, 1.807) is 6.07 Å². The molecule has 0 amide bonds. The van der Waals surface area contributed by atoms with Crippen molar-refractivity contribution in [1.82, 2.24) is 4.98 Å². The molecule has 4 heteroatoms. The van der Waals surface area contributed by atoms with Gasteiger partial charge in [-0.05, 0) is 29.2 Å². The van der Waals surface area contributed by atoms with Crippen LogP contribution in [0.1, 0.15) is 22.8 Å². The third kappa shape index (κ3) is 2.79. The minimum atomic E-state index is -0.737. The molecule has 4 N–H and O–H groups in total. The summed E-state index contributed by atoms with van der Waals surface area (Å²) in [4.78, 5) is 14.6. The van der Waals surface area contributed by atoms with Crippen LogP contribution in [-0.2, 0) is 6.42 Å². The molecule has 3 rings (SSSR count). The Morgan fingerprint density at radius 3 is 2.55 bits per heavy atom. The van der Waals surface area contributed by atoms with Crippen LogP contribution in [0.5, 0.6) is 0 Å². The summed E-state index contributed by atoms with van der Waals surface area (Å²) in [7, 11) is 0. The molecule has 22 heavy (non-hydrogen) atoms. The lowest BCUT2D eigenvalue weighted by Crippen LogP contribution is -2.13. The highest BCUT2D eigenvalue weighted by molar-refractivity contribution is 5.85. The molecular weight excluding hydrogens is 276 g/mol. The van der Waals surface area contributed by atoms with Crippen LogP contribution >= 0.6 is 0 Å². The quantitative estimate of drug-likeness (QED) is 0.689. The molecule has 1 atom stereocenters. The molecule has 4 nitrogen and oxygen atoms in total. The zero-order chi connectivity index (χ0) is 15.5. The van der Waals surface area contributed by atoms with Crippen LogP contribution in [-0.4, -0.2) is 16.6 Å². The van der Waals surface area contributed by atoms with Gasteiger partial charge in [0, 0.05) is 18.0 Å². The Balaban J connectivity index is 2.15. The fourth-order valence-corrected chi connectivity index (χ4v) is 2.71. The van der Waals surface area contributed by atoms with E-state index in [-0.39, 0.29) is 12.1 Å². The van der Waals surface area contributed by atoms with Crippen LogP contribution in [0, 0.1) is 0 Å². The van der Waals surface area contributed by atoms with Crippen molar-refractivity contribution in [3.8, 4) is 0 Å². The van der Waals surface area contributed by atoms with Crippen LogP contribution < -0.4 is 11.3 Å². The maximum atomic E-state index is 11.7. The smallest absolute Gasteiger partial charge is 0.248 e. The second-order valence-corrected chi connectivity index (χ2v) is 5.34. The van der Waals surface area contributed by atoms with E-state index in [9.17, 15) is 9.90 Å². The Bertz CT molecular complexity index is 841. The number of fused-ring (bicyclic) bond motifs is 1. The second kappa shape index (κ2) is 6.13. The summed E-state index contributed by atoms with van der Waals surface area (Å²) >= 11 is 0. The SMILES string of the molecule is NCC(O)c1ccc(Cc2ccccc2)c2[nH]c(=O)ccc12. The summed E-state index contributed by atoms with van der Waals surface area (Å²) in [5, 5.41) is 10.9. The van der Waals surface area contributed by atoms with Crippen LogP contribution in [0.2, 0.25) is 0 Å². The molecule has 0 fully saturated rings. The maximum absolute atomic E-state index is 11.7. The minimum absolute atomic E-state index is 0.145. The van der Waals surface area contributed by atoms with Crippen molar-refractivity contribution in [3.63, 3.8) is 0 Å². The first kappa shape index (κ1) is 14.5. The topological polar surface area (TPSA) is 79.1 Å². The van der Waals surface area contributed by atoms with E-state index in [1.807, 2.05) is 30.3 Å². The van der Waals surface area contributed by atoms with E-state index in [2.05, 4.69) is 17.1 Å². The molecule has 0 aliphatic heterocycles. The van der Waals surface area contributed by atoms with Crippen molar-refractivity contribution < 1.29 is 5.11 Å². The van der Waals surface area contributed by atoms with E-state index in [1.165, 1.54) is 11.6 Å². The lowest BCUT2D eigenvalue weighted by molar-refractivity contribution is 0.188. The number of aromatic nitrogens is 1. The number of nitrogens with two attached hydrogens (primary N) is 1. The highest BCUT2D eigenvalue weighted by Gasteiger charge is 2.13. The van der Waals surface area contributed by atoms with E-state index >= 15 is 0 Å². The zero-order valence-electron chi connectivity index (χ0n) is 12.1. The summed E-state index contributed by atoms with van der Waals surface area (Å²) in [6.45, 7) is 0.145. The number of benzene rings is 2. The van der Waals surface area contributed by atoms with Gasteiger partial charge in [0.1, 0.15) is 0 Å². The Hall–Kier alpha value is -2.43. The molecule has 0 bridgehead atoms. The molecule has 0 aliphatic rings. The van der Waals surface area contributed by atoms with E-state index in [0.29, 0.717) is 0 Å². The third-order valence-electron chi connectivity index (χ3n) is 3.83. The van der Waals surface area contributed by atoms with Crippen molar-refractivity contribution in [3.05, 3.63) is 81.6 Å². The summed E-state index contributed by atoms with van der Waals surface area (Å²) in [6, 6.07) is 17.1. The summed E-state index contributed by atoms with van der Waals surface area (Å²) < 4.78 is 0. The number of H-pyrrole nitrogens is 1. The molecule has 2 aromatic carbocycles. The van der Waals surface area contributed by atoms with Gasteiger partial charge in [-0.2, -0.15) is 0 Å². The second-order valence-electron chi connectivity index (χ2n) is 5.34. The number of hydrogen-bond acceptors (Lipinski definition) is 3. The first-order valence-corrected chi connectivity index (χ1v) is 7.26. The predicted octanol–water partition coefficient (Wildman–Crippen LogP) is 2.11. The molecule has 1 unspecified atom stereocenters. The predicted molar refractivity (Wildman–Crippen MR) is 87.8 cm³/mol.